The Balaban J connectivity index is 2.33. The topological polar surface area (TPSA) is 84.7 Å². The fourth-order valence-corrected chi connectivity index (χ4v) is 1.81. The summed E-state index contributed by atoms with van der Waals surface area (Å²) >= 11 is 0. The van der Waals surface area contributed by atoms with Crippen molar-refractivity contribution in [3.05, 3.63) is 16.3 Å². The number of rotatable bonds is 1. The fourth-order valence-electron chi connectivity index (χ4n) is 1.81. The number of nitrogens with two attached hydrogens (primary N) is 1. The molecular formula is C8H12N4O. The van der Waals surface area contributed by atoms with Gasteiger partial charge in [0, 0.05) is 5.92 Å². The van der Waals surface area contributed by atoms with Crippen molar-refractivity contribution in [2.45, 2.75) is 31.6 Å². The van der Waals surface area contributed by atoms with E-state index in [-0.39, 0.29) is 5.95 Å². The number of hydrogen-bond acceptors (Lipinski definition) is 4. The summed E-state index contributed by atoms with van der Waals surface area (Å²) in [5.41, 5.74) is 4.99. The van der Waals surface area contributed by atoms with Gasteiger partial charge in [0.2, 0.25) is 5.95 Å². The first-order chi connectivity index (χ1) is 6.25. The van der Waals surface area contributed by atoms with Crippen LogP contribution in [0, 0.1) is 0 Å². The molecule has 1 aromatic heterocycles. The average molecular weight is 180 g/mol. The first-order valence-corrected chi connectivity index (χ1v) is 4.49. The van der Waals surface area contributed by atoms with E-state index in [0.717, 1.165) is 12.8 Å². The molecule has 0 spiro atoms. The largest absolute Gasteiger partial charge is 0.368 e. The normalized spacial score (nSPS) is 17.8. The van der Waals surface area contributed by atoms with Gasteiger partial charge in [-0.3, -0.25) is 4.98 Å². The maximum atomic E-state index is 11.0. The van der Waals surface area contributed by atoms with Crippen molar-refractivity contribution in [1.29, 1.82) is 0 Å². The summed E-state index contributed by atoms with van der Waals surface area (Å²) in [7, 11) is 0. The molecule has 13 heavy (non-hydrogen) atoms. The van der Waals surface area contributed by atoms with Crippen molar-refractivity contribution in [2.75, 3.05) is 5.73 Å². The minimum Gasteiger partial charge on any atom is -0.368 e. The van der Waals surface area contributed by atoms with Crippen LogP contribution in [0.1, 0.15) is 37.4 Å². The summed E-state index contributed by atoms with van der Waals surface area (Å²) in [4.78, 5) is 21.1. The molecule has 0 bridgehead atoms. The minimum atomic E-state index is -0.394. The Morgan fingerprint density at radius 2 is 2.00 bits per heavy atom. The van der Waals surface area contributed by atoms with Crippen LogP contribution < -0.4 is 11.4 Å². The summed E-state index contributed by atoms with van der Waals surface area (Å²) in [6.07, 6.45) is 4.59. The van der Waals surface area contributed by atoms with Crippen LogP contribution in [0.3, 0.4) is 0 Å². The van der Waals surface area contributed by atoms with Crippen molar-refractivity contribution in [3.63, 3.8) is 0 Å². The van der Waals surface area contributed by atoms with E-state index in [9.17, 15) is 4.79 Å². The fraction of sp³-hybridized carbons (Fsp3) is 0.625. The average Bonchev–Trinajstić information content (AvgIpc) is 2.53. The summed E-state index contributed by atoms with van der Waals surface area (Å²) in [5.74, 6) is 1.15. The molecule has 1 aliphatic rings. The molecule has 1 aliphatic carbocycles. The lowest BCUT2D eigenvalue weighted by Gasteiger charge is -2.06. The molecule has 1 heterocycles. The van der Waals surface area contributed by atoms with Gasteiger partial charge < -0.3 is 5.73 Å². The summed E-state index contributed by atoms with van der Waals surface area (Å²) in [6.45, 7) is 0. The van der Waals surface area contributed by atoms with Gasteiger partial charge in [0.25, 0.3) is 0 Å². The molecule has 0 radical (unpaired) electrons. The number of anilines is 1. The second kappa shape index (κ2) is 3.16. The van der Waals surface area contributed by atoms with Crippen LogP contribution in [0.5, 0.6) is 0 Å². The minimum absolute atomic E-state index is 0.0747. The first kappa shape index (κ1) is 8.22. The van der Waals surface area contributed by atoms with Gasteiger partial charge in [-0.25, -0.2) is 4.79 Å². The molecule has 0 amide bonds. The van der Waals surface area contributed by atoms with Crippen molar-refractivity contribution in [2.24, 2.45) is 0 Å². The van der Waals surface area contributed by atoms with Crippen LogP contribution in [0.4, 0.5) is 5.95 Å². The summed E-state index contributed by atoms with van der Waals surface area (Å²) < 4.78 is 0. The van der Waals surface area contributed by atoms with Gasteiger partial charge in [-0.05, 0) is 12.8 Å². The Bertz CT molecular complexity index is 353. The number of hydrogen-bond donors (Lipinski definition) is 2. The molecule has 2 rings (SSSR count). The van der Waals surface area contributed by atoms with Crippen LogP contribution >= 0.6 is 0 Å². The molecule has 1 saturated carbocycles. The van der Waals surface area contributed by atoms with Gasteiger partial charge in [-0.15, -0.1) is 0 Å². The monoisotopic (exact) mass is 180 g/mol. The summed E-state index contributed by atoms with van der Waals surface area (Å²) in [5, 5.41) is 0. The van der Waals surface area contributed by atoms with Gasteiger partial charge in [-0.2, -0.15) is 9.97 Å². The van der Waals surface area contributed by atoms with E-state index in [1.807, 2.05) is 0 Å². The number of aromatic amines is 1. The Labute approximate surface area is 75.4 Å². The second-order valence-electron chi connectivity index (χ2n) is 3.38. The quantitative estimate of drug-likeness (QED) is 0.655. The maximum absolute atomic E-state index is 11.0. The van der Waals surface area contributed by atoms with Crippen LogP contribution in [-0.4, -0.2) is 15.0 Å². The van der Waals surface area contributed by atoms with Crippen LogP contribution in [0.2, 0.25) is 0 Å². The predicted octanol–water partition coefficient (Wildman–Crippen LogP) is 0.405. The van der Waals surface area contributed by atoms with Gasteiger partial charge in [0.15, 0.2) is 0 Å². The Kier molecular flexibility index (Phi) is 2.00. The molecule has 0 saturated heterocycles. The maximum Gasteiger partial charge on any atom is 0.349 e. The zero-order chi connectivity index (χ0) is 9.26. The molecular weight excluding hydrogens is 168 g/mol. The van der Waals surface area contributed by atoms with Crippen molar-refractivity contribution in [3.8, 4) is 0 Å². The lowest BCUT2D eigenvalue weighted by Crippen LogP contribution is -2.18. The van der Waals surface area contributed by atoms with E-state index < -0.39 is 5.69 Å². The van der Waals surface area contributed by atoms with E-state index >= 15 is 0 Å². The van der Waals surface area contributed by atoms with Gasteiger partial charge in [0.1, 0.15) is 5.82 Å². The van der Waals surface area contributed by atoms with Crippen molar-refractivity contribution < 1.29 is 0 Å². The second-order valence-corrected chi connectivity index (χ2v) is 3.38. The summed E-state index contributed by atoms with van der Waals surface area (Å²) in [6, 6.07) is 0. The van der Waals surface area contributed by atoms with E-state index in [2.05, 4.69) is 15.0 Å². The third-order valence-electron chi connectivity index (χ3n) is 2.43. The zero-order valence-corrected chi connectivity index (χ0v) is 7.29. The molecule has 1 fully saturated rings. The number of nitrogens with one attached hydrogen (secondary N) is 1. The lowest BCUT2D eigenvalue weighted by atomic mass is 10.1. The lowest BCUT2D eigenvalue weighted by molar-refractivity contribution is 0.657. The van der Waals surface area contributed by atoms with Crippen LogP contribution in [-0.2, 0) is 0 Å². The SMILES string of the molecule is Nc1nc(C2CCCC2)[nH]c(=O)n1. The third kappa shape index (κ3) is 1.68. The Hall–Kier alpha value is -1.39. The Morgan fingerprint density at radius 1 is 1.31 bits per heavy atom. The predicted molar refractivity (Wildman–Crippen MR) is 48.3 cm³/mol. The zero-order valence-electron chi connectivity index (χ0n) is 7.29. The van der Waals surface area contributed by atoms with E-state index in [1.165, 1.54) is 12.8 Å². The molecule has 0 unspecified atom stereocenters. The standard InChI is InChI=1S/C8H12N4O/c9-7-10-6(11-8(13)12-7)5-3-1-2-4-5/h5H,1-4H2,(H3,9,10,11,12,13). The van der Waals surface area contributed by atoms with Gasteiger partial charge in [0.05, 0.1) is 0 Å². The highest BCUT2D eigenvalue weighted by Gasteiger charge is 2.19. The van der Waals surface area contributed by atoms with Crippen molar-refractivity contribution >= 4 is 5.95 Å². The van der Waals surface area contributed by atoms with Crippen LogP contribution in [0.25, 0.3) is 0 Å². The number of H-pyrrole nitrogens is 1. The number of aromatic nitrogens is 3. The van der Waals surface area contributed by atoms with E-state index in [0.29, 0.717) is 11.7 Å². The third-order valence-corrected chi connectivity index (χ3v) is 2.43. The number of nitrogens with zero attached hydrogens (tertiary/aromatic N) is 2. The Morgan fingerprint density at radius 3 is 2.62 bits per heavy atom. The van der Waals surface area contributed by atoms with E-state index in [1.54, 1.807) is 0 Å². The highest BCUT2D eigenvalue weighted by Crippen LogP contribution is 2.31. The molecule has 5 nitrogen and oxygen atoms in total. The molecule has 3 N–H and O–H groups in total. The number of nitrogen functional groups attached to an aromatic ring is 1. The van der Waals surface area contributed by atoms with E-state index in [4.69, 9.17) is 5.73 Å². The smallest absolute Gasteiger partial charge is 0.349 e. The van der Waals surface area contributed by atoms with Gasteiger partial charge in [-0.1, -0.05) is 12.8 Å². The molecule has 70 valence electrons. The van der Waals surface area contributed by atoms with Gasteiger partial charge >= 0.3 is 5.69 Å². The highest BCUT2D eigenvalue weighted by atomic mass is 16.1. The van der Waals surface area contributed by atoms with Crippen molar-refractivity contribution in [1.82, 2.24) is 15.0 Å². The highest BCUT2D eigenvalue weighted by molar-refractivity contribution is 5.14. The van der Waals surface area contributed by atoms with Crippen LogP contribution in [0.15, 0.2) is 4.79 Å². The molecule has 0 atom stereocenters. The molecule has 1 aromatic rings. The molecule has 0 aromatic carbocycles. The molecule has 0 aliphatic heterocycles. The first-order valence-electron chi connectivity index (χ1n) is 4.49. The molecule has 5 heteroatoms.